The van der Waals surface area contributed by atoms with Crippen LogP contribution < -0.4 is 16.0 Å². The minimum atomic E-state index is -0.251. The monoisotopic (exact) mass is 700 g/mol. The van der Waals surface area contributed by atoms with Crippen molar-refractivity contribution < 1.29 is 38.1 Å². The third kappa shape index (κ3) is 33.4. The van der Waals surface area contributed by atoms with E-state index in [2.05, 4.69) is 41.6 Å². The van der Waals surface area contributed by atoms with Gasteiger partial charge in [0.1, 0.15) is 19.0 Å². The van der Waals surface area contributed by atoms with Gasteiger partial charge in [-0.25, -0.2) is 0 Å². The third-order valence-electron chi connectivity index (χ3n) is 6.91. The highest BCUT2D eigenvalue weighted by Gasteiger charge is 2.10. The number of carbonyl (C=O) groups is 4. The van der Waals surface area contributed by atoms with Crippen molar-refractivity contribution in [3.8, 4) is 0 Å². The van der Waals surface area contributed by atoms with Crippen LogP contribution in [0.4, 0.5) is 0 Å². The number of allylic oxidation sites excluding steroid dienone is 1. The molecule has 49 heavy (non-hydrogen) atoms. The maximum atomic E-state index is 12.1. The molecule has 0 unspecified atom stereocenters. The van der Waals surface area contributed by atoms with E-state index >= 15 is 0 Å². The van der Waals surface area contributed by atoms with Crippen LogP contribution in [0.5, 0.6) is 0 Å². The van der Waals surface area contributed by atoms with Crippen molar-refractivity contribution in [1.82, 2.24) is 21.0 Å². The highest BCUT2D eigenvalue weighted by atomic mass is 16.5. The summed E-state index contributed by atoms with van der Waals surface area (Å²) in [5.74, 6) is -0.0972. The number of nitrogens with zero attached hydrogens (tertiary/aromatic N) is 2. The number of rotatable bonds is 33. The molecule has 0 saturated heterocycles. The zero-order valence-corrected chi connectivity index (χ0v) is 31.6. The Labute approximate surface area is 296 Å². The van der Waals surface area contributed by atoms with E-state index in [0.717, 1.165) is 51.4 Å². The van der Waals surface area contributed by atoms with E-state index in [0.29, 0.717) is 72.1 Å². The van der Waals surface area contributed by atoms with Crippen molar-refractivity contribution in [2.75, 3.05) is 79.0 Å². The van der Waals surface area contributed by atoms with E-state index in [4.69, 9.17) is 18.9 Å². The number of carbonyl (C=O) groups excluding carboxylic acids is 4. The lowest BCUT2D eigenvalue weighted by Crippen LogP contribution is -2.31. The molecule has 0 aromatic rings. The fourth-order valence-corrected chi connectivity index (χ4v) is 4.18. The highest BCUT2D eigenvalue weighted by Crippen LogP contribution is 2.16. The van der Waals surface area contributed by atoms with Gasteiger partial charge in [-0.2, -0.15) is 5.10 Å². The fourth-order valence-electron chi connectivity index (χ4n) is 4.18. The number of hydrogen-bond donors (Lipinski definition) is 3. The summed E-state index contributed by atoms with van der Waals surface area (Å²) in [7, 11) is 0. The third-order valence-corrected chi connectivity index (χ3v) is 6.91. The standard InChI is InChI=1S/C34H63N5O8.C2H6/c1-6-8-10-16-36-33(42)27-46-24-23-45-21-18-38-34(43)28-47-25-22-44-20-17-37-32(41)13-9-11-19-39(35-5)26-30(12-7-2)14-15-31(40)29(3)4;1-2/h26,29H,5-25,27-28H2,1-4H3,(H,36,42)(H,37,41)(H,38,43);1-2H3/b30-26+;. The van der Waals surface area contributed by atoms with Crippen molar-refractivity contribution in [1.29, 1.82) is 0 Å². The molecule has 0 spiro atoms. The summed E-state index contributed by atoms with van der Waals surface area (Å²) >= 11 is 0. The molecule has 0 aliphatic rings. The molecule has 0 bridgehead atoms. The van der Waals surface area contributed by atoms with E-state index < -0.39 is 0 Å². The van der Waals surface area contributed by atoms with Crippen LogP contribution in [-0.4, -0.2) is 114 Å². The smallest absolute Gasteiger partial charge is 0.246 e. The molecule has 13 heteroatoms. The predicted molar refractivity (Wildman–Crippen MR) is 195 cm³/mol. The number of nitrogens with one attached hydrogen (secondary N) is 3. The quantitative estimate of drug-likeness (QED) is 0.0514. The summed E-state index contributed by atoms with van der Waals surface area (Å²) in [4.78, 5) is 47.5. The van der Waals surface area contributed by atoms with Crippen molar-refractivity contribution in [3.63, 3.8) is 0 Å². The van der Waals surface area contributed by atoms with Crippen molar-refractivity contribution in [2.45, 2.75) is 106 Å². The number of ketones is 1. The Bertz CT molecular complexity index is 885. The Hall–Kier alpha value is -2.87. The Morgan fingerprint density at radius 2 is 1.20 bits per heavy atom. The first-order chi connectivity index (χ1) is 23.7. The SMILES string of the molecule is C=NN(/C=C(\CCC)CCC(=O)C(C)C)CCCCC(=O)NCCOCCOCC(=O)NCCOCCOCC(=O)NCCCCC.CC. The number of unbranched alkanes of at least 4 members (excludes halogenated alkanes) is 3. The number of hydrogen-bond acceptors (Lipinski definition) is 10. The van der Waals surface area contributed by atoms with Gasteiger partial charge in [0.25, 0.3) is 0 Å². The summed E-state index contributed by atoms with van der Waals surface area (Å²) < 4.78 is 21.4. The average molecular weight is 700 g/mol. The molecule has 0 saturated carbocycles. The first-order valence-corrected chi connectivity index (χ1v) is 18.3. The summed E-state index contributed by atoms with van der Waals surface area (Å²) in [6.45, 7) is 19.6. The molecule has 0 atom stereocenters. The van der Waals surface area contributed by atoms with E-state index in [1.165, 1.54) is 5.57 Å². The van der Waals surface area contributed by atoms with Gasteiger partial charge < -0.3 is 34.9 Å². The molecular formula is C36H69N5O8. The van der Waals surface area contributed by atoms with Gasteiger partial charge in [-0.05, 0) is 32.1 Å². The molecule has 0 heterocycles. The molecule has 0 radical (unpaired) electrons. The summed E-state index contributed by atoms with van der Waals surface area (Å²) in [5.41, 5.74) is 1.19. The molecule has 0 aromatic heterocycles. The van der Waals surface area contributed by atoms with Crippen molar-refractivity contribution in [2.24, 2.45) is 11.0 Å². The first-order valence-electron chi connectivity index (χ1n) is 18.3. The van der Waals surface area contributed by atoms with Crippen LogP contribution in [0.2, 0.25) is 0 Å². The second kappa shape index (κ2) is 36.4. The van der Waals surface area contributed by atoms with Crippen LogP contribution in [0.25, 0.3) is 0 Å². The lowest BCUT2D eigenvalue weighted by atomic mass is 9.99. The van der Waals surface area contributed by atoms with E-state index in [-0.39, 0.29) is 49.2 Å². The van der Waals surface area contributed by atoms with Crippen LogP contribution in [0, 0.1) is 5.92 Å². The van der Waals surface area contributed by atoms with Gasteiger partial charge in [0.15, 0.2) is 0 Å². The number of amides is 3. The van der Waals surface area contributed by atoms with Crippen LogP contribution >= 0.6 is 0 Å². The normalized spacial score (nSPS) is 11.0. The molecule has 3 N–H and O–H groups in total. The van der Waals surface area contributed by atoms with Gasteiger partial charge in [-0.1, -0.05) is 66.4 Å². The molecular weight excluding hydrogens is 630 g/mol. The topological polar surface area (TPSA) is 157 Å². The number of Topliss-reactive ketones (excluding diaryl/α,β-unsaturated/α-hetero) is 1. The van der Waals surface area contributed by atoms with Crippen LogP contribution in [0.1, 0.15) is 106 Å². The molecule has 286 valence electrons. The van der Waals surface area contributed by atoms with Crippen LogP contribution in [0.3, 0.4) is 0 Å². The van der Waals surface area contributed by atoms with Crippen molar-refractivity contribution >= 4 is 30.2 Å². The second-order valence-corrected chi connectivity index (χ2v) is 11.5. The van der Waals surface area contributed by atoms with E-state index in [1.54, 1.807) is 5.01 Å². The molecule has 0 aromatic carbocycles. The predicted octanol–water partition coefficient (Wildman–Crippen LogP) is 4.40. The lowest BCUT2D eigenvalue weighted by molar-refractivity contribution is -0.127. The zero-order chi connectivity index (χ0) is 37.0. The Morgan fingerprint density at radius 3 is 1.73 bits per heavy atom. The van der Waals surface area contributed by atoms with E-state index in [1.807, 2.05) is 33.9 Å². The maximum absolute atomic E-state index is 12.1. The van der Waals surface area contributed by atoms with Gasteiger partial charge in [-0.3, -0.25) is 24.2 Å². The first kappa shape index (κ1) is 48.2. The Balaban J connectivity index is 0. The van der Waals surface area contributed by atoms with Gasteiger partial charge in [0.05, 0.1) is 39.6 Å². The molecule has 0 fully saturated rings. The Morgan fingerprint density at radius 1 is 0.653 bits per heavy atom. The van der Waals surface area contributed by atoms with Gasteiger partial charge in [0, 0.05) is 57.9 Å². The van der Waals surface area contributed by atoms with Gasteiger partial charge in [0.2, 0.25) is 17.7 Å². The van der Waals surface area contributed by atoms with Gasteiger partial charge in [-0.15, -0.1) is 0 Å². The number of ether oxygens (including phenoxy) is 4. The number of hydrazone groups is 1. The Kier molecular flexibility index (Phi) is 35.9. The van der Waals surface area contributed by atoms with E-state index in [9.17, 15) is 19.2 Å². The molecule has 3 amide bonds. The molecule has 0 rings (SSSR count). The molecule has 13 nitrogen and oxygen atoms in total. The minimum absolute atomic E-state index is 0.0143. The lowest BCUT2D eigenvalue weighted by Gasteiger charge is -2.17. The maximum Gasteiger partial charge on any atom is 0.246 e. The van der Waals surface area contributed by atoms with Crippen LogP contribution in [0.15, 0.2) is 16.9 Å². The highest BCUT2D eigenvalue weighted by molar-refractivity contribution is 5.80. The average Bonchev–Trinajstić information content (AvgIpc) is 3.09. The summed E-state index contributed by atoms with van der Waals surface area (Å²) in [6, 6.07) is 0. The largest absolute Gasteiger partial charge is 0.377 e. The van der Waals surface area contributed by atoms with Crippen molar-refractivity contribution in [3.05, 3.63) is 11.8 Å². The molecule has 0 aliphatic carbocycles. The zero-order valence-electron chi connectivity index (χ0n) is 31.6. The summed E-state index contributed by atoms with van der Waals surface area (Å²) in [6.07, 6.45) is 10.3. The fraction of sp³-hybridized carbons (Fsp3) is 0.806. The minimum Gasteiger partial charge on any atom is -0.377 e. The second-order valence-electron chi connectivity index (χ2n) is 11.5. The van der Waals surface area contributed by atoms with Crippen LogP contribution in [-0.2, 0) is 38.1 Å². The van der Waals surface area contributed by atoms with Gasteiger partial charge >= 0.3 is 0 Å². The summed E-state index contributed by atoms with van der Waals surface area (Å²) in [5, 5.41) is 14.2. The molecule has 0 aliphatic heterocycles.